The maximum atomic E-state index is 4.41. The minimum Gasteiger partial charge on any atom is -0.355 e. The number of hydrogen-bond acceptors (Lipinski definition) is 3. The van der Waals surface area contributed by atoms with Gasteiger partial charge in [0.2, 0.25) is 0 Å². The lowest BCUT2D eigenvalue weighted by Crippen LogP contribution is -2.57. The average Bonchev–Trinajstić information content (AvgIpc) is 3.14. The Morgan fingerprint density at radius 1 is 1.12 bits per heavy atom. The van der Waals surface area contributed by atoms with Crippen molar-refractivity contribution in [1.29, 1.82) is 0 Å². The lowest BCUT2D eigenvalue weighted by Gasteiger charge is -2.43. The van der Waals surface area contributed by atoms with Crippen LogP contribution in [0, 0.1) is 0 Å². The van der Waals surface area contributed by atoms with E-state index in [0.29, 0.717) is 5.54 Å². The van der Waals surface area contributed by atoms with E-state index in [9.17, 15) is 0 Å². The van der Waals surface area contributed by atoms with Crippen molar-refractivity contribution in [2.75, 3.05) is 38.2 Å². The van der Waals surface area contributed by atoms with Gasteiger partial charge in [0.15, 0.2) is 5.96 Å². The Hall–Kier alpha value is -0.470. The summed E-state index contributed by atoms with van der Waals surface area (Å²) in [6.07, 6.45) is 5.36. The minimum absolute atomic E-state index is 0. The third-order valence-electron chi connectivity index (χ3n) is 5.33. The number of halogens is 1. The molecular weight excluding hydrogens is 443 g/mol. The first-order valence-corrected chi connectivity index (χ1v) is 10.3. The highest BCUT2D eigenvalue weighted by atomic mass is 127. The van der Waals surface area contributed by atoms with Gasteiger partial charge in [0.25, 0.3) is 0 Å². The number of thioether (sulfide) groups is 1. The Balaban J connectivity index is 0.00000225. The van der Waals surface area contributed by atoms with Crippen molar-refractivity contribution in [2.24, 2.45) is 4.99 Å². The van der Waals surface area contributed by atoms with E-state index in [0.717, 1.165) is 19.0 Å². The Morgan fingerprint density at radius 3 is 2.44 bits per heavy atom. The molecule has 2 aliphatic rings. The van der Waals surface area contributed by atoms with Gasteiger partial charge in [-0.1, -0.05) is 43.2 Å². The molecule has 4 nitrogen and oxygen atoms in total. The van der Waals surface area contributed by atoms with E-state index in [1.807, 2.05) is 7.05 Å². The van der Waals surface area contributed by atoms with Crippen LogP contribution in [0.5, 0.6) is 0 Å². The highest BCUT2D eigenvalue weighted by Gasteiger charge is 2.39. The van der Waals surface area contributed by atoms with Crippen LogP contribution in [0.2, 0.25) is 0 Å². The van der Waals surface area contributed by atoms with Crippen LogP contribution in [0.1, 0.15) is 31.2 Å². The molecule has 0 spiro atoms. The number of benzene rings is 1. The first kappa shape index (κ1) is 20.8. The van der Waals surface area contributed by atoms with Crippen LogP contribution in [-0.4, -0.2) is 54.6 Å². The van der Waals surface area contributed by atoms with Crippen molar-refractivity contribution >= 4 is 41.7 Å². The molecule has 1 heterocycles. The predicted molar refractivity (Wildman–Crippen MR) is 120 cm³/mol. The van der Waals surface area contributed by atoms with Gasteiger partial charge < -0.3 is 10.6 Å². The van der Waals surface area contributed by atoms with Crippen molar-refractivity contribution in [3.63, 3.8) is 0 Å². The van der Waals surface area contributed by atoms with Crippen molar-refractivity contribution < 1.29 is 0 Å². The van der Waals surface area contributed by atoms with Gasteiger partial charge in [-0.25, -0.2) is 0 Å². The molecular formula is C19H31IN4S. The number of nitrogens with zero attached hydrogens (tertiary/aromatic N) is 2. The van der Waals surface area contributed by atoms with Crippen LogP contribution >= 0.6 is 35.7 Å². The zero-order valence-electron chi connectivity index (χ0n) is 15.2. The second-order valence-electron chi connectivity index (χ2n) is 6.80. The third kappa shape index (κ3) is 5.76. The smallest absolute Gasteiger partial charge is 0.191 e. The fourth-order valence-corrected chi connectivity index (χ4v) is 4.83. The van der Waals surface area contributed by atoms with Crippen molar-refractivity contribution in [3.8, 4) is 0 Å². The standard InChI is InChI=1S/C19H30N4S.HI/c1-20-18(21-15-17-7-3-2-4-8-17)22-16-19(9-5-6-10-19)23-11-13-24-14-12-23;/h2-4,7-8H,5-6,9-16H2,1H3,(H2,20,21,22);1H. The molecule has 0 bridgehead atoms. The molecule has 1 aromatic carbocycles. The molecule has 0 aromatic heterocycles. The summed E-state index contributed by atoms with van der Waals surface area (Å²) in [5, 5.41) is 7.06. The Kier molecular flexibility index (Phi) is 8.85. The molecule has 0 amide bonds. The van der Waals surface area contributed by atoms with Gasteiger partial charge in [0, 0.05) is 50.3 Å². The first-order chi connectivity index (χ1) is 11.8. The monoisotopic (exact) mass is 474 g/mol. The van der Waals surface area contributed by atoms with Crippen LogP contribution in [0.25, 0.3) is 0 Å². The van der Waals surface area contributed by atoms with Gasteiger partial charge in [-0.3, -0.25) is 9.89 Å². The fraction of sp³-hybridized carbons (Fsp3) is 0.632. The number of hydrogen-bond donors (Lipinski definition) is 2. The topological polar surface area (TPSA) is 39.7 Å². The second-order valence-corrected chi connectivity index (χ2v) is 8.02. The van der Waals surface area contributed by atoms with Crippen molar-refractivity contribution in [1.82, 2.24) is 15.5 Å². The van der Waals surface area contributed by atoms with Gasteiger partial charge in [0.1, 0.15) is 0 Å². The summed E-state index contributed by atoms with van der Waals surface area (Å²) in [7, 11) is 1.86. The van der Waals surface area contributed by atoms with E-state index in [1.165, 1.54) is 55.8 Å². The summed E-state index contributed by atoms with van der Waals surface area (Å²) in [5.74, 6) is 3.47. The molecule has 0 unspecified atom stereocenters. The largest absolute Gasteiger partial charge is 0.355 e. The molecule has 140 valence electrons. The summed E-state index contributed by atoms with van der Waals surface area (Å²) in [6, 6.07) is 10.5. The maximum absolute atomic E-state index is 4.41. The number of guanidine groups is 1. The molecule has 0 radical (unpaired) electrons. The lowest BCUT2D eigenvalue weighted by atomic mass is 9.94. The highest BCUT2D eigenvalue weighted by molar-refractivity contribution is 14.0. The Bertz CT molecular complexity index is 525. The predicted octanol–water partition coefficient (Wildman–Crippen LogP) is 3.33. The molecule has 2 fully saturated rings. The summed E-state index contributed by atoms with van der Waals surface area (Å²) < 4.78 is 0. The average molecular weight is 474 g/mol. The molecule has 1 aliphatic heterocycles. The number of aliphatic imine (C=N–C) groups is 1. The summed E-state index contributed by atoms with van der Waals surface area (Å²) in [4.78, 5) is 7.16. The number of nitrogens with one attached hydrogen (secondary N) is 2. The van der Waals surface area contributed by atoms with E-state index < -0.39 is 0 Å². The molecule has 1 aliphatic carbocycles. The van der Waals surface area contributed by atoms with Crippen LogP contribution < -0.4 is 10.6 Å². The zero-order chi connectivity index (χ0) is 16.7. The molecule has 3 rings (SSSR count). The second kappa shape index (κ2) is 10.6. The maximum Gasteiger partial charge on any atom is 0.191 e. The normalized spacial score (nSPS) is 20.8. The van der Waals surface area contributed by atoms with Crippen LogP contribution in [0.4, 0.5) is 0 Å². The Labute approximate surface area is 173 Å². The molecule has 1 saturated heterocycles. The lowest BCUT2D eigenvalue weighted by molar-refractivity contribution is 0.107. The zero-order valence-corrected chi connectivity index (χ0v) is 18.3. The van der Waals surface area contributed by atoms with E-state index in [1.54, 1.807) is 0 Å². The van der Waals surface area contributed by atoms with Crippen molar-refractivity contribution in [3.05, 3.63) is 35.9 Å². The third-order valence-corrected chi connectivity index (χ3v) is 6.27. The van der Waals surface area contributed by atoms with Crippen LogP contribution in [-0.2, 0) is 6.54 Å². The summed E-state index contributed by atoms with van der Waals surface area (Å²) in [5.41, 5.74) is 1.62. The minimum atomic E-state index is 0. The van der Waals surface area contributed by atoms with Gasteiger partial charge in [-0.15, -0.1) is 24.0 Å². The van der Waals surface area contributed by atoms with Crippen molar-refractivity contribution in [2.45, 2.75) is 37.8 Å². The summed E-state index contributed by atoms with van der Waals surface area (Å²) in [6.45, 7) is 4.30. The molecule has 25 heavy (non-hydrogen) atoms. The van der Waals surface area contributed by atoms with Crippen LogP contribution in [0.3, 0.4) is 0 Å². The number of rotatable bonds is 5. The quantitative estimate of drug-likeness (QED) is 0.390. The van der Waals surface area contributed by atoms with Gasteiger partial charge in [-0.2, -0.15) is 11.8 Å². The first-order valence-electron chi connectivity index (χ1n) is 9.14. The molecule has 1 saturated carbocycles. The van der Waals surface area contributed by atoms with E-state index in [-0.39, 0.29) is 24.0 Å². The van der Waals surface area contributed by atoms with E-state index in [2.05, 4.69) is 62.6 Å². The van der Waals surface area contributed by atoms with Gasteiger partial charge >= 0.3 is 0 Å². The molecule has 0 atom stereocenters. The van der Waals surface area contributed by atoms with Gasteiger partial charge in [-0.05, 0) is 18.4 Å². The Morgan fingerprint density at radius 2 is 1.80 bits per heavy atom. The SMILES string of the molecule is CN=C(NCc1ccccc1)NCC1(N2CCSCC2)CCCC1.I. The summed E-state index contributed by atoms with van der Waals surface area (Å²) >= 11 is 2.09. The van der Waals surface area contributed by atoms with E-state index >= 15 is 0 Å². The molecule has 6 heteroatoms. The molecule has 2 N–H and O–H groups in total. The van der Waals surface area contributed by atoms with E-state index in [4.69, 9.17) is 0 Å². The highest BCUT2D eigenvalue weighted by Crippen LogP contribution is 2.36. The van der Waals surface area contributed by atoms with Crippen LogP contribution in [0.15, 0.2) is 35.3 Å². The molecule has 1 aromatic rings. The van der Waals surface area contributed by atoms with Gasteiger partial charge in [0.05, 0.1) is 0 Å². The fourth-order valence-electron chi connectivity index (χ4n) is 3.93.